The lowest BCUT2D eigenvalue weighted by Gasteiger charge is -2.15. The van der Waals surface area contributed by atoms with Gasteiger partial charge in [-0.15, -0.1) is 0 Å². The number of nitrogens with one attached hydrogen (secondary N) is 2. The van der Waals surface area contributed by atoms with Crippen LogP contribution in [0.5, 0.6) is 5.75 Å². The summed E-state index contributed by atoms with van der Waals surface area (Å²) in [5.41, 5.74) is 2.64. The van der Waals surface area contributed by atoms with Crippen LogP contribution in [0.4, 0.5) is 11.5 Å². The quantitative estimate of drug-likeness (QED) is 0.329. The molecule has 1 aliphatic rings. The normalized spacial score (nSPS) is 13.4. The van der Waals surface area contributed by atoms with Crippen molar-refractivity contribution in [2.75, 3.05) is 57.6 Å². The van der Waals surface area contributed by atoms with Crippen LogP contribution in [0.3, 0.4) is 0 Å². The standard InChI is InChI=1S/C28H35N5O3/c1-33(15-16-35-2)14-6-9-27(34)32-25-17-23-24(18-26(25)36-19-22-10-11-22)30-20-31-28(23)29-13-12-21-7-4-3-5-8-21/h3-9,17-18,20,22H,10-16,19H2,1-2H3,(H,32,34)(H,29,30,31)/b9-6+. The molecule has 0 radical (unpaired) electrons. The van der Waals surface area contributed by atoms with E-state index in [-0.39, 0.29) is 5.91 Å². The topological polar surface area (TPSA) is 88.6 Å². The molecule has 0 bridgehead atoms. The van der Waals surface area contributed by atoms with Crippen LogP contribution in [-0.2, 0) is 16.0 Å². The number of fused-ring (bicyclic) bond motifs is 1. The maximum absolute atomic E-state index is 12.7. The fourth-order valence-electron chi connectivity index (χ4n) is 3.76. The van der Waals surface area contributed by atoms with E-state index >= 15 is 0 Å². The smallest absolute Gasteiger partial charge is 0.248 e. The first-order valence-corrected chi connectivity index (χ1v) is 12.5. The first kappa shape index (κ1) is 25.6. The number of anilines is 2. The zero-order chi connectivity index (χ0) is 25.2. The van der Waals surface area contributed by atoms with Crippen molar-refractivity contribution in [1.82, 2.24) is 14.9 Å². The SMILES string of the molecule is COCCN(C)C/C=C/C(=O)Nc1cc2c(NCCc3ccccc3)ncnc2cc1OCC1CC1. The number of amides is 1. The molecule has 0 spiro atoms. The third kappa shape index (κ3) is 7.76. The van der Waals surface area contributed by atoms with Crippen molar-refractivity contribution in [3.8, 4) is 5.75 Å². The molecule has 2 aromatic carbocycles. The highest BCUT2D eigenvalue weighted by molar-refractivity contribution is 6.03. The number of aromatic nitrogens is 2. The first-order valence-electron chi connectivity index (χ1n) is 12.5. The summed E-state index contributed by atoms with van der Waals surface area (Å²) in [5, 5.41) is 7.26. The molecular formula is C28H35N5O3. The van der Waals surface area contributed by atoms with Crippen LogP contribution in [0.15, 0.2) is 60.9 Å². The van der Waals surface area contributed by atoms with Crippen LogP contribution >= 0.6 is 0 Å². The van der Waals surface area contributed by atoms with Gasteiger partial charge in [0.1, 0.15) is 17.9 Å². The highest BCUT2D eigenvalue weighted by Gasteiger charge is 2.23. The van der Waals surface area contributed by atoms with Crippen molar-refractivity contribution in [1.29, 1.82) is 0 Å². The fraction of sp³-hybridized carbons (Fsp3) is 0.393. The van der Waals surface area contributed by atoms with Crippen molar-refractivity contribution in [2.24, 2.45) is 5.92 Å². The Balaban J connectivity index is 1.48. The molecule has 0 saturated heterocycles. The summed E-state index contributed by atoms with van der Waals surface area (Å²) in [4.78, 5) is 23.7. The molecule has 190 valence electrons. The van der Waals surface area contributed by atoms with E-state index in [4.69, 9.17) is 9.47 Å². The Labute approximate surface area is 212 Å². The lowest BCUT2D eigenvalue weighted by molar-refractivity contribution is -0.111. The van der Waals surface area contributed by atoms with Gasteiger partial charge in [0.25, 0.3) is 0 Å². The van der Waals surface area contributed by atoms with Crippen molar-refractivity contribution < 1.29 is 14.3 Å². The number of rotatable bonds is 14. The third-order valence-corrected chi connectivity index (χ3v) is 6.08. The summed E-state index contributed by atoms with van der Waals surface area (Å²) < 4.78 is 11.2. The predicted molar refractivity (Wildman–Crippen MR) is 144 cm³/mol. The van der Waals surface area contributed by atoms with Crippen LogP contribution < -0.4 is 15.4 Å². The first-order chi connectivity index (χ1) is 17.6. The van der Waals surface area contributed by atoms with E-state index in [0.717, 1.165) is 36.2 Å². The third-order valence-electron chi connectivity index (χ3n) is 6.08. The van der Waals surface area contributed by atoms with Crippen LogP contribution in [0.1, 0.15) is 18.4 Å². The Hall–Kier alpha value is -3.49. The van der Waals surface area contributed by atoms with E-state index in [1.54, 1.807) is 19.5 Å². The van der Waals surface area contributed by atoms with Gasteiger partial charge < -0.3 is 25.0 Å². The van der Waals surface area contributed by atoms with Crippen LogP contribution in [0.25, 0.3) is 10.9 Å². The Morgan fingerprint density at radius 2 is 2.03 bits per heavy atom. The molecular weight excluding hydrogens is 454 g/mol. The second kappa shape index (κ2) is 13.0. The van der Waals surface area contributed by atoms with Gasteiger partial charge in [0.2, 0.25) is 5.91 Å². The molecule has 1 aromatic heterocycles. The molecule has 0 aliphatic heterocycles. The monoisotopic (exact) mass is 489 g/mol. The molecule has 0 atom stereocenters. The summed E-state index contributed by atoms with van der Waals surface area (Å²) in [7, 11) is 3.67. The summed E-state index contributed by atoms with van der Waals surface area (Å²) in [5.74, 6) is 1.74. The number of benzene rings is 2. The molecule has 1 aliphatic carbocycles. The maximum Gasteiger partial charge on any atom is 0.248 e. The summed E-state index contributed by atoms with van der Waals surface area (Å²) in [6, 6.07) is 14.1. The van der Waals surface area contributed by atoms with E-state index in [0.29, 0.717) is 37.1 Å². The number of ether oxygens (including phenoxy) is 2. The summed E-state index contributed by atoms with van der Waals surface area (Å²) in [6.45, 7) is 3.48. The Morgan fingerprint density at radius 3 is 2.81 bits per heavy atom. The number of carbonyl (C=O) groups is 1. The summed E-state index contributed by atoms with van der Waals surface area (Å²) in [6.07, 6.45) is 8.20. The Bertz CT molecular complexity index is 1160. The van der Waals surface area contributed by atoms with Crippen molar-refractivity contribution in [2.45, 2.75) is 19.3 Å². The molecule has 1 heterocycles. The average Bonchev–Trinajstić information content (AvgIpc) is 3.72. The van der Waals surface area contributed by atoms with Gasteiger partial charge in [-0.2, -0.15) is 0 Å². The predicted octanol–water partition coefficient (Wildman–Crippen LogP) is 4.15. The largest absolute Gasteiger partial charge is 0.491 e. The van der Waals surface area contributed by atoms with Gasteiger partial charge in [-0.25, -0.2) is 9.97 Å². The van der Waals surface area contributed by atoms with Gasteiger partial charge in [-0.3, -0.25) is 4.79 Å². The van der Waals surface area contributed by atoms with Gasteiger partial charge in [0.15, 0.2) is 0 Å². The molecule has 36 heavy (non-hydrogen) atoms. The van der Waals surface area contributed by atoms with E-state index < -0.39 is 0 Å². The number of nitrogens with zero attached hydrogens (tertiary/aromatic N) is 3. The van der Waals surface area contributed by atoms with Crippen LogP contribution in [0.2, 0.25) is 0 Å². The average molecular weight is 490 g/mol. The van der Waals surface area contributed by atoms with E-state index in [9.17, 15) is 4.79 Å². The fourth-order valence-corrected chi connectivity index (χ4v) is 3.76. The minimum absolute atomic E-state index is 0.207. The van der Waals surface area contributed by atoms with Gasteiger partial charge in [-0.1, -0.05) is 36.4 Å². The van der Waals surface area contributed by atoms with Gasteiger partial charge in [-0.05, 0) is 43.9 Å². The second-order valence-corrected chi connectivity index (χ2v) is 9.15. The molecule has 3 aromatic rings. The number of likely N-dealkylation sites (N-methyl/N-ethyl adjacent to an activating group) is 1. The van der Waals surface area contributed by atoms with E-state index in [1.807, 2.05) is 43.5 Å². The maximum atomic E-state index is 12.7. The highest BCUT2D eigenvalue weighted by Crippen LogP contribution is 2.35. The second-order valence-electron chi connectivity index (χ2n) is 9.15. The Kier molecular flexibility index (Phi) is 9.24. The van der Waals surface area contributed by atoms with Gasteiger partial charge >= 0.3 is 0 Å². The minimum atomic E-state index is -0.207. The number of hydrogen-bond donors (Lipinski definition) is 2. The molecule has 0 unspecified atom stereocenters. The molecule has 1 fully saturated rings. The number of methoxy groups -OCH3 is 1. The van der Waals surface area contributed by atoms with Gasteiger partial charge in [0.05, 0.1) is 24.4 Å². The van der Waals surface area contributed by atoms with Crippen molar-refractivity contribution >= 4 is 28.3 Å². The number of hydrogen-bond acceptors (Lipinski definition) is 7. The molecule has 2 N–H and O–H groups in total. The molecule has 8 nitrogen and oxygen atoms in total. The summed E-state index contributed by atoms with van der Waals surface area (Å²) >= 11 is 0. The van der Waals surface area contributed by atoms with Crippen molar-refractivity contribution in [3.05, 3.63) is 66.5 Å². The molecule has 4 rings (SSSR count). The van der Waals surface area contributed by atoms with Crippen molar-refractivity contribution in [3.63, 3.8) is 0 Å². The highest BCUT2D eigenvalue weighted by atomic mass is 16.5. The zero-order valence-corrected chi connectivity index (χ0v) is 21.1. The molecule has 8 heteroatoms. The van der Waals surface area contributed by atoms with E-state index in [2.05, 4.69) is 37.6 Å². The number of carbonyl (C=O) groups excluding carboxylic acids is 1. The Morgan fingerprint density at radius 1 is 1.19 bits per heavy atom. The minimum Gasteiger partial charge on any atom is -0.491 e. The molecule has 1 amide bonds. The van der Waals surface area contributed by atoms with Gasteiger partial charge in [0, 0.05) is 44.3 Å². The van der Waals surface area contributed by atoms with Crippen LogP contribution in [0, 0.1) is 5.92 Å². The zero-order valence-electron chi connectivity index (χ0n) is 21.1. The molecule has 1 saturated carbocycles. The van der Waals surface area contributed by atoms with E-state index in [1.165, 1.54) is 18.4 Å². The lowest BCUT2D eigenvalue weighted by atomic mass is 10.1. The van der Waals surface area contributed by atoms with Crippen LogP contribution in [-0.4, -0.2) is 67.8 Å². The lowest BCUT2D eigenvalue weighted by Crippen LogP contribution is -2.23.